The summed E-state index contributed by atoms with van der Waals surface area (Å²) in [6, 6.07) is 13.3. The van der Waals surface area contributed by atoms with Gasteiger partial charge in [-0.2, -0.15) is 0 Å². The van der Waals surface area contributed by atoms with Crippen LogP contribution in [0.4, 0.5) is 5.95 Å². The Hall–Kier alpha value is -3.52. The summed E-state index contributed by atoms with van der Waals surface area (Å²) in [4.78, 5) is 13.5. The molecule has 0 aliphatic rings. The molecule has 0 atom stereocenters. The summed E-state index contributed by atoms with van der Waals surface area (Å²) >= 11 is 6.27. The number of nitrogen functional groups attached to an aromatic ring is 1. The summed E-state index contributed by atoms with van der Waals surface area (Å²) in [5.41, 5.74) is 10.4. The van der Waals surface area contributed by atoms with E-state index >= 15 is 0 Å². The third kappa shape index (κ3) is 4.80. The maximum Gasteiger partial charge on any atom is 0.221 e. The van der Waals surface area contributed by atoms with Gasteiger partial charge >= 0.3 is 0 Å². The average molecular weight is 464 g/mol. The van der Waals surface area contributed by atoms with Crippen LogP contribution in [0.25, 0.3) is 22.6 Å². The summed E-state index contributed by atoms with van der Waals surface area (Å²) in [5.74, 6) is 0.642. The number of pyridine rings is 1. The number of ether oxygens (including phenoxy) is 1. The van der Waals surface area contributed by atoms with Crippen LogP contribution < -0.4 is 10.5 Å². The van der Waals surface area contributed by atoms with E-state index in [0.717, 1.165) is 17.8 Å². The molecule has 0 aliphatic heterocycles. The van der Waals surface area contributed by atoms with Crippen LogP contribution in [-0.2, 0) is 12.0 Å². The van der Waals surface area contributed by atoms with Crippen molar-refractivity contribution in [2.24, 2.45) is 0 Å². The third-order valence-electron chi connectivity index (χ3n) is 5.70. The van der Waals surface area contributed by atoms with Gasteiger partial charge < -0.3 is 10.5 Å². The van der Waals surface area contributed by atoms with Crippen molar-refractivity contribution in [1.82, 2.24) is 29.9 Å². The molecule has 33 heavy (non-hydrogen) atoms. The average Bonchev–Trinajstić information content (AvgIpc) is 3.27. The van der Waals surface area contributed by atoms with Crippen LogP contribution in [0.2, 0.25) is 5.02 Å². The fourth-order valence-electron chi connectivity index (χ4n) is 3.44. The first-order chi connectivity index (χ1) is 15.8. The molecule has 0 aliphatic carbocycles. The van der Waals surface area contributed by atoms with Crippen molar-refractivity contribution in [2.75, 3.05) is 12.8 Å². The second-order valence-electron chi connectivity index (χ2n) is 8.37. The molecule has 3 aromatic heterocycles. The Bertz CT molecular complexity index is 1290. The molecule has 0 fully saturated rings. The van der Waals surface area contributed by atoms with Gasteiger partial charge in [-0.1, -0.05) is 49.7 Å². The standard InChI is InChI=1S/C24H26ClN7O/c1-5-24(2,3)21-11-6-8-15(27-21)13-32-14-20(30-31-32)19-12-18(28-23(26)29-19)16-9-7-10-17(25)22(16)33-4/h6-12,14H,5,13H2,1-4H3,(H2,26,28,29). The highest BCUT2D eigenvalue weighted by atomic mass is 35.5. The van der Waals surface area contributed by atoms with Crippen molar-refractivity contribution in [2.45, 2.75) is 39.2 Å². The van der Waals surface area contributed by atoms with E-state index in [0.29, 0.717) is 40.0 Å². The first-order valence-electron chi connectivity index (χ1n) is 10.6. The molecule has 0 spiro atoms. The Morgan fingerprint density at radius 2 is 1.79 bits per heavy atom. The third-order valence-corrected chi connectivity index (χ3v) is 6.00. The van der Waals surface area contributed by atoms with Gasteiger partial charge in [-0.15, -0.1) is 5.10 Å². The van der Waals surface area contributed by atoms with E-state index in [1.165, 1.54) is 0 Å². The molecule has 0 unspecified atom stereocenters. The molecular formula is C24H26ClN7O. The lowest BCUT2D eigenvalue weighted by atomic mass is 9.86. The van der Waals surface area contributed by atoms with Crippen LogP contribution in [-0.4, -0.2) is 37.1 Å². The van der Waals surface area contributed by atoms with Crippen LogP contribution in [0.15, 0.2) is 48.7 Å². The summed E-state index contributed by atoms with van der Waals surface area (Å²) < 4.78 is 7.19. The molecule has 0 radical (unpaired) electrons. The second-order valence-corrected chi connectivity index (χ2v) is 8.78. The Morgan fingerprint density at radius 3 is 2.55 bits per heavy atom. The maximum absolute atomic E-state index is 6.27. The van der Waals surface area contributed by atoms with Gasteiger partial charge in [0.25, 0.3) is 0 Å². The number of halogens is 1. The Balaban J connectivity index is 1.64. The highest BCUT2D eigenvalue weighted by Crippen LogP contribution is 2.36. The van der Waals surface area contributed by atoms with Crippen molar-refractivity contribution < 1.29 is 4.74 Å². The quantitative estimate of drug-likeness (QED) is 0.420. The largest absolute Gasteiger partial charge is 0.494 e. The first kappa shape index (κ1) is 22.7. The zero-order chi connectivity index (χ0) is 23.6. The van der Waals surface area contributed by atoms with Gasteiger partial charge in [0.05, 0.1) is 42.0 Å². The van der Waals surface area contributed by atoms with Crippen molar-refractivity contribution in [1.29, 1.82) is 0 Å². The molecule has 1 aromatic carbocycles. The normalized spacial score (nSPS) is 11.5. The molecule has 0 saturated carbocycles. The molecule has 4 rings (SSSR count). The van der Waals surface area contributed by atoms with Crippen molar-refractivity contribution >= 4 is 17.5 Å². The van der Waals surface area contributed by atoms with Crippen molar-refractivity contribution in [3.8, 4) is 28.4 Å². The van der Waals surface area contributed by atoms with Gasteiger partial charge in [0.1, 0.15) is 11.4 Å². The second kappa shape index (κ2) is 9.15. The lowest BCUT2D eigenvalue weighted by molar-refractivity contribution is 0.416. The number of benzene rings is 1. The van der Waals surface area contributed by atoms with Crippen LogP contribution in [0.3, 0.4) is 0 Å². The van der Waals surface area contributed by atoms with Crippen molar-refractivity contribution in [3.05, 3.63) is 65.1 Å². The molecule has 0 amide bonds. The molecule has 0 bridgehead atoms. The van der Waals surface area contributed by atoms with Gasteiger partial charge in [-0.3, -0.25) is 4.98 Å². The van der Waals surface area contributed by atoms with Crippen LogP contribution >= 0.6 is 11.6 Å². The van der Waals surface area contributed by atoms with Gasteiger partial charge in [0.15, 0.2) is 0 Å². The SMILES string of the molecule is CCC(C)(C)c1cccc(Cn2cc(-c3cc(-c4cccc(Cl)c4OC)nc(N)n3)nn2)n1. The number of hydrogen-bond acceptors (Lipinski definition) is 7. The monoisotopic (exact) mass is 463 g/mol. The van der Waals surface area contributed by atoms with E-state index in [1.807, 2.05) is 30.5 Å². The lowest BCUT2D eigenvalue weighted by Crippen LogP contribution is -2.18. The summed E-state index contributed by atoms with van der Waals surface area (Å²) in [6.07, 6.45) is 2.83. The lowest BCUT2D eigenvalue weighted by Gasteiger charge is -2.22. The molecule has 170 valence electrons. The maximum atomic E-state index is 6.27. The summed E-state index contributed by atoms with van der Waals surface area (Å²) in [5, 5.41) is 9.03. The van der Waals surface area contributed by atoms with Gasteiger partial charge in [0.2, 0.25) is 5.95 Å². The van der Waals surface area contributed by atoms with E-state index in [2.05, 4.69) is 47.1 Å². The fourth-order valence-corrected chi connectivity index (χ4v) is 3.69. The molecular weight excluding hydrogens is 438 g/mol. The number of aromatic nitrogens is 6. The zero-order valence-corrected chi connectivity index (χ0v) is 19.8. The number of rotatable bonds is 7. The van der Waals surface area contributed by atoms with E-state index in [-0.39, 0.29) is 11.4 Å². The Morgan fingerprint density at radius 1 is 1.03 bits per heavy atom. The summed E-state index contributed by atoms with van der Waals surface area (Å²) in [6.45, 7) is 7.05. The number of anilines is 1. The predicted molar refractivity (Wildman–Crippen MR) is 129 cm³/mol. The van der Waals surface area contributed by atoms with Gasteiger partial charge in [-0.25, -0.2) is 14.6 Å². The number of nitrogens with two attached hydrogens (primary N) is 1. The van der Waals surface area contributed by atoms with E-state index < -0.39 is 0 Å². The summed E-state index contributed by atoms with van der Waals surface area (Å²) in [7, 11) is 1.56. The molecule has 3 heterocycles. The van der Waals surface area contributed by atoms with E-state index in [9.17, 15) is 0 Å². The van der Waals surface area contributed by atoms with Gasteiger partial charge in [0, 0.05) is 16.7 Å². The fraction of sp³-hybridized carbons (Fsp3) is 0.292. The number of nitrogens with zero attached hydrogens (tertiary/aromatic N) is 6. The number of hydrogen-bond donors (Lipinski definition) is 1. The highest BCUT2D eigenvalue weighted by molar-refractivity contribution is 6.32. The zero-order valence-electron chi connectivity index (χ0n) is 19.1. The smallest absolute Gasteiger partial charge is 0.221 e. The highest BCUT2D eigenvalue weighted by Gasteiger charge is 2.20. The minimum Gasteiger partial charge on any atom is -0.494 e. The molecule has 9 heteroatoms. The predicted octanol–water partition coefficient (Wildman–Crippen LogP) is 4.78. The molecule has 0 saturated heterocycles. The number of methoxy groups -OCH3 is 1. The van der Waals surface area contributed by atoms with E-state index in [1.54, 1.807) is 23.9 Å². The molecule has 8 nitrogen and oxygen atoms in total. The van der Waals surface area contributed by atoms with Gasteiger partial charge in [-0.05, 0) is 36.8 Å². The minimum absolute atomic E-state index is 0.0137. The Labute approximate surface area is 197 Å². The minimum atomic E-state index is 0.0137. The van der Waals surface area contributed by atoms with Crippen molar-refractivity contribution in [3.63, 3.8) is 0 Å². The van der Waals surface area contributed by atoms with E-state index in [4.69, 9.17) is 27.1 Å². The topological polar surface area (TPSA) is 105 Å². The number of para-hydroxylation sites is 1. The first-order valence-corrected chi connectivity index (χ1v) is 11.0. The van der Waals surface area contributed by atoms with Crippen LogP contribution in [0, 0.1) is 0 Å². The molecule has 2 N–H and O–H groups in total. The van der Waals surface area contributed by atoms with Crippen LogP contribution in [0.1, 0.15) is 38.6 Å². The van der Waals surface area contributed by atoms with Crippen LogP contribution in [0.5, 0.6) is 5.75 Å². The molecule has 4 aromatic rings. The Kier molecular flexibility index (Phi) is 6.29.